The van der Waals surface area contributed by atoms with E-state index in [9.17, 15) is 22.8 Å². The molecule has 0 radical (unpaired) electrons. The first kappa shape index (κ1) is 21.7. The summed E-state index contributed by atoms with van der Waals surface area (Å²) in [4.78, 5) is 27.6. The SMILES string of the molecule is CC(C)(c1ccc(OCC(=O)NCC(=O)c2ncccc2Cl)cc1)C(F)(F)F. The molecule has 2 rings (SSSR count). The van der Waals surface area contributed by atoms with Crippen molar-refractivity contribution >= 4 is 23.3 Å². The Labute approximate surface area is 164 Å². The predicted molar refractivity (Wildman–Crippen MR) is 97.6 cm³/mol. The highest BCUT2D eigenvalue weighted by Gasteiger charge is 2.48. The molecule has 1 N–H and O–H groups in total. The number of ketones is 1. The van der Waals surface area contributed by atoms with Crippen molar-refractivity contribution in [2.45, 2.75) is 25.4 Å². The monoisotopic (exact) mass is 414 g/mol. The average Bonchev–Trinajstić information content (AvgIpc) is 2.64. The van der Waals surface area contributed by atoms with Crippen molar-refractivity contribution in [3.63, 3.8) is 0 Å². The van der Waals surface area contributed by atoms with Crippen LogP contribution in [0.25, 0.3) is 0 Å². The van der Waals surface area contributed by atoms with E-state index >= 15 is 0 Å². The molecule has 5 nitrogen and oxygen atoms in total. The fourth-order valence-corrected chi connectivity index (χ4v) is 2.41. The van der Waals surface area contributed by atoms with Crippen molar-refractivity contribution in [3.05, 3.63) is 58.9 Å². The van der Waals surface area contributed by atoms with Crippen molar-refractivity contribution in [2.75, 3.05) is 13.2 Å². The highest BCUT2D eigenvalue weighted by atomic mass is 35.5. The molecule has 1 aromatic carbocycles. The smallest absolute Gasteiger partial charge is 0.397 e. The number of rotatable bonds is 7. The van der Waals surface area contributed by atoms with Crippen LogP contribution in [0.5, 0.6) is 5.75 Å². The number of pyridine rings is 1. The molecule has 0 saturated heterocycles. The van der Waals surface area contributed by atoms with Crippen molar-refractivity contribution < 1.29 is 27.5 Å². The van der Waals surface area contributed by atoms with Gasteiger partial charge in [-0.25, -0.2) is 0 Å². The van der Waals surface area contributed by atoms with E-state index in [4.69, 9.17) is 16.3 Å². The van der Waals surface area contributed by atoms with Gasteiger partial charge in [0.05, 0.1) is 17.0 Å². The van der Waals surface area contributed by atoms with Gasteiger partial charge in [-0.2, -0.15) is 13.2 Å². The molecule has 150 valence electrons. The van der Waals surface area contributed by atoms with E-state index in [1.165, 1.54) is 36.5 Å². The topological polar surface area (TPSA) is 68.3 Å². The second-order valence-corrected chi connectivity index (χ2v) is 6.88. The first-order chi connectivity index (χ1) is 13.0. The minimum atomic E-state index is -4.39. The van der Waals surface area contributed by atoms with Gasteiger partial charge >= 0.3 is 6.18 Å². The zero-order valence-corrected chi connectivity index (χ0v) is 15.9. The van der Waals surface area contributed by atoms with E-state index in [1.807, 2.05) is 0 Å². The maximum absolute atomic E-state index is 13.0. The summed E-state index contributed by atoms with van der Waals surface area (Å²) in [6.45, 7) is 1.46. The van der Waals surface area contributed by atoms with Gasteiger partial charge in [-0.15, -0.1) is 0 Å². The van der Waals surface area contributed by atoms with Crippen LogP contribution in [0.2, 0.25) is 5.02 Å². The molecule has 0 bridgehead atoms. The molecule has 1 aromatic heterocycles. The molecule has 2 aromatic rings. The van der Waals surface area contributed by atoms with Crippen molar-refractivity contribution in [2.24, 2.45) is 0 Å². The van der Waals surface area contributed by atoms with Gasteiger partial charge in [0.25, 0.3) is 5.91 Å². The largest absolute Gasteiger partial charge is 0.484 e. The zero-order chi connectivity index (χ0) is 20.9. The summed E-state index contributed by atoms with van der Waals surface area (Å²) in [6.07, 6.45) is -2.98. The number of carbonyl (C=O) groups excluding carboxylic acids is 2. The minimum Gasteiger partial charge on any atom is -0.484 e. The Morgan fingerprint density at radius 2 is 1.79 bits per heavy atom. The molecule has 0 atom stereocenters. The third kappa shape index (κ3) is 5.22. The second-order valence-electron chi connectivity index (χ2n) is 6.47. The summed E-state index contributed by atoms with van der Waals surface area (Å²) in [7, 11) is 0. The summed E-state index contributed by atoms with van der Waals surface area (Å²) in [5.74, 6) is -0.797. The molecule has 0 aliphatic carbocycles. The number of Topliss-reactive ketones (excluding diaryl/α,β-unsaturated/α-hetero) is 1. The van der Waals surface area contributed by atoms with Crippen LogP contribution in [-0.2, 0) is 10.2 Å². The van der Waals surface area contributed by atoms with Crippen LogP contribution in [0.3, 0.4) is 0 Å². The molecule has 0 aliphatic rings. The Hall–Kier alpha value is -2.61. The van der Waals surface area contributed by atoms with E-state index in [1.54, 1.807) is 6.07 Å². The molecule has 0 spiro atoms. The van der Waals surface area contributed by atoms with Gasteiger partial charge < -0.3 is 10.1 Å². The second kappa shape index (κ2) is 8.60. The third-order valence-electron chi connectivity index (χ3n) is 4.12. The zero-order valence-electron chi connectivity index (χ0n) is 15.1. The molecule has 9 heteroatoms. The van der Waals surface area contributed by atoms with Gasteiger partial charge in [0.2, 0.25) is 5.78 Å². The lowest BCUT2D eigenvalue weighted by molar-refractivity contribution is -0.180. The first-order valence-corrected chi connectivity index (χ1v) is 8.60. The number of ether oxygens (including phenoxy) is 1. The first-order valence-electron chi connectivity index (χ1n) is 8.23. The van der Waals surface area contributed by atoms with E-state index in [2.05, 4.69) is 10.3 Å². The van der Waals surface area contributed by atoms with Gasteiger partial charge in [0.1, 0.15) is 11.4 Å². The molecule has 0 fully saturated rings. The normalized spacial score (nSPS) is 11.8. The maximum Gasteiger partial charge on any atom is 0.397 e. The number of carbonyl (C=O) groups is 2. The summed E-state index contributed by atoms with van der Waals surface area (Å²) in [5, 5.41) is 2.55. The Bertz CT molecular complexity index is 852. The van der Waals surface area contributed by atoms with Gasteiger partial charge in [-0.1, -0.05) is 23.7 Å². The summed E-state index contributed by atoms with van der Waals surface area (Å²) >= 11 is 5.86. The average molecular weight is 415 g/mol. The Kier molecular flexibility index (Phi) is 6.66. The summed E-state index contributed by atoms with van der Waals surface area (Å²) in [5.41, 5.74) is -1.88. The summed E-state index contributed by atoms with van der Waals surface area (Å²) < 4.78 is 44.4. The van der Waals surface area contributed by atoms with Gasteiger partial charge in [0.15, 0.2) is 6.61 Å². The number of hydrogen-bond acceptors (Lipinski definition) is 4. The third-order valence-corrected chi connectivity index (χ3v) is 4.43. The fourth-order valence-electron chi connectivity index (χ4n) is 2.18. The van der Waals surface area contributed by atoms with E-state index in [-0.39, 0.29) is 28.6 Å². The van der Waals surface area contributed by atoms with Crippen molar-refractivity contribution in [3.8, 4) is 5.75 Å². The number of alkyl halides is 3. The fraction of sp³-hybridized carbons (Fsp3) is 0.316. The minimum absolute atomic E-state index is 0.0493. The standard InChI is InChI=1S/C19H18ClF3N2O3/c1-18(2,19(21,22)23)12-5-7-13(8-6-12)28-11-16(27)25-10-15(26)17-14(20)4-3-9-24-17/h3-9H,10-11H2,1-2H3,(H,25,27). The number of aromatic nitrogens is 1. The number of amides is 1. The van der Waals surface area contributed by atoms with E-state index < -0.39 is 29.9 Å². The Morgan fingerprint density at radius 1 is 1.14 bits per heavy atom. The summed E-state index contributed by atoms with van der Waals surface area (Å²) in [6, 6.07) is 8.40. The number of benzene rings is 1. The van der Waals surface area contributed by atoms with Crippen LogP contribution in [0.4, 0.5) is 13.2 Å². The molecule has 0 unspecified atom stereocenters. The Balaban J connectivity index is 1.86. The van der Waals surface area contributed by atoms with Crippen LogP contribution in [-0.4, -0.2) is 36.0 Å². The lowest BCUT2D eigenvalue weighted by Gasteiger charge is -2.28. The number of hydrogen-bond donors (Lipinski definition) is 1. The highest BCUT2D eigenvalue weighted by molar-refractivity contribution is 6.33. The van der Waals surface area contributed by atoms with Gasteiger partial charge in [-0.05, 0) is 43.7 Å². The van der Waals surface area contributed by atoms with Crippen molar-refractivity contribution in [1.82, 2.24) is 10.3 Å². The van der Waals surface area contributed by atoms with Crippen LogP contribution in [0.1, 0.15) is 29.9 Å². The number of nitrogens with one attached hydrogen (secondary N) is 1. The highest BCUT2D eigenvalue weighted by Crippen LogP contribution is 2.40. The molecule has 28 heavy (non-hydrogen) atoms. The van der Waals surface area contributed by atoms with Crippen molar-refractivity contribution in [1.29, 1.82) is 0 Å². The van der Waals surface area contributed by atoms with Gasteiger partial charge in [-0.3, -0.25) is 14.6 Å². The van der Waals surface area contributed by atoms with E-state index in [0.29, 0.717) is 0 Å². The van der Waals surface area contributed by atoms with Gasteiger partial charge in [0, 0.05) is 6.20 Å². The molecular formula is C19H18ClF3N2O3. The quantitative estimate of drug-likeness (QED) is 0.696. The molecule has 0 saturated carbocycles. The van der Waals surface area contributed by atoms with Crippen LogP contribution in [0.15, 0.2) is 42.6 Å². The number of halogens is 4. The predicted octanol–water partition coefficient (Wildman–Crippen LogP) is 3.95. The van der Waals surface area contributed by atoms with Crippen LogP contribution >= 0.6 is 11.6 Å². The lowest BCUT2D eigenvalue weighted by atomic mass is 9.84. The molecule has 0 aliphatic heterocycles. The molecule has 1 amide bonds. The lowest BCUT2D eigenvalue weighted by Crippen LogP contribution is -2.36. The number of nitrogens with zero attached hydrogens (tertiary/aromatic N) is 1. The van der Waals surface area contributed by atoms with Crippen LogP contribution < -0.4 is 10.1 Å². The molecular weight excluding hydrogens is 397 g/mol. The maximum atomic E-state index is 13.0. The van der Waals surface area contributed by atoms with E-state index in [0.717, 1.165) is 13.8 Å². The Morgan fingerprint density at radius 3 is 2.36 bits per heavy atom. The van der Waals surface area contributed by atoms with Crippen LogP contribution in [0, 0.1) is 0 Å². The molecule has 1 heterocycles.